The molecule has 19 heavy (non-hydrogen) atoms. The summed E-state index contributed by atoms with van der Waals surface area (Å²) in [6, 6.07) is 8.24. The lowest BCUT2D eigenvalue weighted by molar-refractivity contribution is -0.126. The third kappa shape index (κ3) is 4.55. The molecule has 0 aliphatic heterocycles. The van der Waals surface area contributed by atoms with Crippen molar-refractivity contribution >= 4 is 17.5 Å². The molecule has 1 fully saturated rings. The second-order valence-electron chi connectivity index (χ2n) is 4.64. The van der Waals surface area contributed by atoms with Crippen LogP contribution in [0.3, 0.4) is 0 Å². The summed E-state index contributed by atoms with van der Waals surface area (Å²) in [5.41, 5.74) is 0.672. The summed E-state index contributed by atoms with van der Waals surface area (Å²) in [5.74, 6) is 0.333. The van der Waals surface area contributed by atoms with Crippen molar-refractivity contribution in [1.29, 1.82) is 5.26 Å². The van der Waals surface area contributed by atoms with Crippen LogP contribution < -0.4 is 5.32 Å². The average Bonchev–Trinajstić information content (AvgIpc) is 3.20. The standard InChI is InChI=1S/C14H15ClN2O2/c15-12-3-1-2-11(6-12)13(7-16)17-14(18)9-19-8-10-4-5-10/h1-3,6,10,13H,4-5,8-9H2,(H,17,18)/t13-/m1/s1. The summed E-state index contributed by atoms with van der Waals surface area (Å²) in [4.78, 5) is 11.7. The molecule has 1 aliphatic rings. The monoisotopic (exact) mass is 278 g/mol. The van der Waals surface area contributed by atoms with Gasteiger partial charge in [-0.1, -0.05) is 23.7 Å². The number of benzene rings is 1. The third-order valence-electron chi connectivity index (χ3n) is 2.90. The third-order valence-corrected chi connectivity index (χ3v) is 3.14. The van der Waals surface area contributed by atoms with E-state index in [9.17, 15) is 4.79 Å². The van der Waals surface area contributed by atoms with Crippen LogP contribution in [0.5, 0.6) is 0 Å². The van der Waals surface area contributed by atoms with Crippen LogP contribution in [0.15, 0.2) is 24.3 Å². The van der Waals surface area contributed by atoms with Crippen molar-refractivity contribution in [2.75, 3.05) is 13.2 Å². The zero-order valence-corrected chi connectivity index (χ0v) is 11.2. The van der Waals surface area contributed by atoms with Gasteiger partial charge in [-0.15, -0.1) is 0 Å². The van der Waals surface area contributed by atoms with Gasteiger partial charge in [-0.25, -0.2) is 0 Å². The zero-order chi connectivity index (χ0) is 13.7. The predicted octanol–water partition coefficient (Wildman–Crippen LogP) is 2.45. The summed E-state index contributed by atoms with van der Waals surface area (Å²) in [7, 11) is 0. The highest BCUT2D eigenvalue weighted by Gasteiger charge is 2.22. The number of nitrogens with one attached hydrogen (secondary N) is 1. The van der Waals surface area contributed by atoms with Crippen LogP contribution in [0.4, 0.5) is 0 Å². The van der Waals surface area contributed by atoms with E-state index in [-0.39, 0.29) is 12.5 Å². The van der Waals surface area contributed by atoms with Crippen molar-refractivity contribution in [1.82, 2.24) is 5.32 Å². The van der Waals surface area contributed by atoms with E-state index in [1.807, 2.05) is 6.07 Å². The minimum atomic E-state index is -0.698. The first kappa shape index (κ1) is 13.9. The number of amides is 1. The van der Waals surface area contributed by atoms with Gasteiger partial charge < -0.3 is 10.1 Å². The molecule has 1 atom stereocenters. The largest absolute Gasteiger partial charge is 0.371 e. The first-order valence-electron chi connectivity index (χ1n) is 6.21. The Balaban J connectivity index is 1.84. The van der Waals surface area contributed by atoms with Crippen LogP contribution in [0.2, 0.25) is 5.02 Å². The molecule has 0 bridgehead atoms. The number of nitrogens with zero attached hydrogens (tertiary/aromatic N) is 1. The lowest BCUT2D eigenvalue weighted by Gasteiger charge is -2.12. The van der Waals surface area contributed by atoms with Gasteiger partial charge in [0.15, 0.2) is 0 Å². The lowest BCUT2D eigenvalue weighted by atomic mass is 10.1. The van der Waals surface area contributed by atoms with Gasteiger partial charge in [0.2, 0.25) is 5.91 Å². The Hall–Kier alpha value is -1.57. The number of ether oxygens (including phenoxy) is 1. The Labute approximate surface area is 117 Å². The van der Waals surface area contributed by atoms with E-state index in [4.69, 9.17) is 21.6 Å². The quantitative estimate of drug-likeness (QED) is 0.869. The highest BCUT2D eigenvalue weighted by Crippen LogP contribution is 2.28. The van der Waals surface area contributed by atoms with Crippen LogP contribution in [-0.2, 0) is 9.53 Å². The normalized spacial score (nSPS) is 15.6. The number of carbonyl (C=O) groups is 1. The van der Waals surface area contributed by atoms with Gasteiger partial charge in [0.05, 0.1) is 12.7 Å². The van der Waals surface area contributed by atoms with Gasteiger partial charge in [-0.3, -0.25) is 4.79 Å². The smallest absolute Gasteiger partial charge is 0.247 e. The summed E-state index contributed by atoms with van der Waals surface area (Å²) in [6.07, 6.45) is 2.37. The molecule has 5 heteroatoms. The maximum absolute atomic E-state index is 11.7. The molecule has 0 spiro atoms. The number of nitriles is 1. The molecule has 1 saturated carbocycles. The van der Waals surface area contributed by atoms with Crippen molar-refractivity contribution < 1.29 is 9.53 Å². The maximum Gasteiger partial charge on any atom is 0.247 e. The van der Waals surface area contributed by atoms with E-state index in [0.717, 1.165) is 0 Å². The van der Waals surface area contributed by atoms with Gasteiger partial charge in [-0.2, -0.15) is 5.26 Å². The van der Waals surface area contributed by atoms with Gasteiger partial charge >= 0.3 is 0 Å². The van der Waals surface area contributed by atoms with Crippen LogP contribution in [0.25, 0.3) is 0 Å². The average molecular weight is 279 g/mol. The van der Waals surface area contributed by atoms with E-state index in [1.165, 1.54) is 12.8 Å². The summed E-state index contributed by atoms with van der Waals surface area (Å²) >= 11 is 5.86. The topological polar surface area (TPSA) is 62.1 Å². The molecule has 0 aromatic heterocycles. The molecule has 1 aromatic rings. The number of carbonyl (C=O) groups excluding carboxylic acids is 1. The number of rotatable bonds is 6. The molecule has 0 saturated heterocycles. The highest BCUT2D eigenvalue weighted by atomic mass is 35.5. The second kappa shape index (κ2) is 6.55. The zero-order valence-electron chi connectivity index (χ0n) is 10.4. The fourth-order valence-corrected chi connectivity index (χ4v) is 1.88. The number of hydrogen-bond donors (Lipinski definition) is 1. The van der Waals surface area contributed by atoms with E-state index < -0.39 is 6.04 Å². The number of hydrogen-bond acceptors (Lipinski definition) is 3. The Morgan fingerprint density at radius 1 is 1.58 bits per heavy atom. The Bertz CT molecular complexity index is 494. The Morgan fingerprint density at radius 2 is 2.37 bits per heavy atom. The molecular formula is C14H15ClN2O2. The maximum atomic E-state index is 11.7. The van der Waals surface area contributed by atoms with Crippen molar-refractivity contribution in [2.45, 2.75) is 18.9 Å². The molecule has 1 aromatic carbocycles. The first-order valence-corrected chi connectivity index (χ1v) is 6.59. The van der Waals surface area contributed by atoms with Crippen LogP contribution in [-0.4, -0.2) is 19.1 Å². The predicted molar refractivity (Wildman–Crippen MR) is 71.5 cm³/mol. The van der Waals surface area contributed by atoms with E-state index >= 15 is 0 Å². The van der Waals surface area contributed by atoms with E-state index in [0.29, 0.717) is 23.1 Å². The SMILES string of the molecule is N#C[C@@H](NC(=O)COCC1CC1)c1cccc(Cl)c1. The Morgan fingerprint density at radius 3 is 3.00 bits per heavy atom. The Kier molecular flexibility index (Phi) is 4.78. The van der Waals surface area contributed by atoms with Gasteiger partial charge in [0, 0.05) is 5.02 Å². The van der Waals surface area contributed by atoms with Crippen LogP contribution in [0.1, 0.15) is 24.4 Å². The fourth-order valence-electron chi connectivity index (χ4n) is 1.68. The lowest BCUT2D eigenvalue weighted by Crippen LogP contribution is -2.31. The molecular weight excluding hydrogens is 264 g/mol. The molecule has 0 radical (unpaired) electrons. The molecule has 0 unspecified atom stereocenters. The van der Waals surface area contributed by atoms with Crippen LogP contribution in [0, 0.1) is 17.2 Å². The second-order valence-corrected chi connectivity index (χ2v) is 5.08. The molecule has 2 rings (SSSR count). The van der Waals surface area contributed by atoms with Crippen molar-refractivity contribution in [3.8, 4) is 6.07 Å². The minimum Gasteiger partial charge on any atom is -0.371 e. The summed E-state index contributed by atoms with van der Waals surface area (Å²) in [5, 5.41) is 12.3. The van der Waals surface area contributed by atoms with Gasteiger partial charge in [-0.05, 0) is 36.5 Å². The highest BCUT2D eigenvalue weighted by molar-refractivity contribution is 6.30. The van der Waals surface area contributed by atoms with E-state index in [1.54, 1.807) is 24.3 Å². The molecule has 4 nitrogen and oxygen atoms in total. The fraction of sp³-hybridized carbons (Fsp3) is 0.429. The molecule has 1 amide bonds. The first-order chi connectivity index (χ1) is 9.19. The van der Waals surface area contributed by atoms with Gasteiger partial charge in [0.1, 0.15) is 12.6 Å². The number of halogens is 1. The molecule has 1 aliphatic carbocycles. The summed E-state index contributed by atoms with van der Waals surface area (Å²) in [6.45, 7) is 0.622. The van der Waals surface area contributed by atoms with Crippen molar-refractivity contribution in [2.24, 2.45) is 5.92 Å². The molecule has 100 valence electrons. The van der Waals surface area contributed by atoms with E-state index in [2.05, 4.69) is 5.32 Å². The molecule has 0 heterocycles. The molecule has 1 N–H and O–H groups in total. The summed E-state index contributed by atoms with van der Waals surface area (Å²) < 4.78 is 5.28. The van der Waals surface area contributed by atoms with Crippen LogP contribution >= 0.6 is 11.6 Å². The van der Waals surface area contributed by atoms with Gasteiger partial charge in [0.25, 0.3) is 0 Å². The van der Waals surface area contributed by atoms with Crippen molar-refractivity contribution in [3.63, 3.8) is 0 Å². The minimum absolute atomic E-state index is 0.00472. The van der Waals surface area contributed by atoms with Crippen molar-refractivity contribution in [3.05, 3.63) is 34.9 Å².